The second-order valence-electron chi connectivity index (χ2n) is 9.55. The van der Waals surface area contributed by atoms with Crippen LogP contribution in [0.25, 0.3) is 11.1 Å². The van der Waals surface area contributed by atoms with Crippen LogP contribution in [0.1, 0.15) is 70.8 Å². The molecular weight excluding hydrogens is 402 g/mol. The van der Waals surface area contributed by atoms with Crippen molar-refractivity contribution in [3.8, 4) is 16.9 Å². The molecule has 0 bridgehead atoms. The quantitative estimate of drug-likeness (QED) is 0.267. The first-order valence-corrected chi connectivity index (χ1v) is 12.5. The van der Waals surface area contributed by atoms with Gasteiger partial charge < -0.3 is 4.74 Å². The topological polar surface area (TPSA) is 9.23 Å². The molecular formula is C29H36F2O. The maximum Gasteiger partial charge on any atom is 0.201 e. The minimum atomic E-state index is -0.897. The van der Waals surface area contributed by atoms with E-state index in [2.05, 4.69) is 25.1 Å². The van der Waals surface area contributed by atoms with E-state index >= 15 is 0 Å². The largest absolute Gasteiger partial charge is 0.490 e. The molecule has 4 rings (SSSR count). The minimum absolute atomic E-state index is 0.00492. The van der Waals surface area contributed by atoms with Gasteiger partial charge >= 0.3 is 0 Å². The van der Waals surface area contributed by atoms with Crippen LogP contribution in [0.4, 0.5) is 8.78 Å². The fraction of sp³-hybridized carbons (Fsp3) is 0.517. The SMILES string of the molecule is CCCCOc1ccc(-c2ccc(CCC3CCC4C(CCC)=CCC34)cc2)c(F)c1F. The molecule has 0 radical (unpaired) electrons. The standard InChI is InChI=1S/C29H36F2O/c1-3-5-19-32-27-18-17-26(28(30)29(27)31)23-11-8-20(9-12-23)7-10-22-14-16-24-21(6-4-2)13-15-25(22)24/h8-9,11-13,17-18,22,24-25H,3-7,10,14-16,19H2,1-2H3. The predicted octanol–water partition coefficient (Wildman–Crippen LogP) is 8.52. The fourth-order valence-electron chi connectivity index (χ4n) is 5.74. The third-order valence-electron chi connectivity index (χ3n) is 7.51. The maximum absolute atomic E-state index is 14.7. The Kier molecular flexibility index (Phi) is 7.65. The van der Waals surface area contributed by atoms with Gasteiger partial charge in [-0.05, 0) is 86.0 Å². The lowest BCUT2D eigenvalue weighted by atomic mass is 9.85. The average molecular weight is 439 g/mol. The molecule has 0 spiro atoms. The first-order valence-electron chi connectivity index (χ1n) is 12.5. The van der Waals surface area contributed by atoms with Crippen molar-refractivity contribution >= 4 is 0 Å². The number of unbranched alkanes of at least 4 members (excludes halogenated alkanes) is 1. The summed E-state index contributed by atoms with van der Waals surface area (Å²) < 4.78 is 34.5. The number of aryl methyl sites for hydroxylation is 1. The maximum atomic E-state index is 14.7. The van der Waals surface area contributed by atoms with Gasteiger partial charge in [-0.1, -0.05) is 62.6 Å². The lowest BCUT2D eigenvalue weighted by Crippen LogP contribution is -2.12. The Morgan fingerprint density at radius 2 is 1.72 bits per heavy atom. The number of ether oxygens (including phenoxy) is 1. The second kappa shape index (κ2) is 10.6. The number of halogens is 2. The van der Waals surface area contributed by atoms with Crippen molar-refractivity contribution in [1.82, 2.24) is 0 Å². The van der Waals surface area contributed by atoms with Gasteiger partial charge in [0.25, 0.3) is 0 Å². The Morgan fingerprint density at radius 3 is 2.47 bits per heavy atom. The lowest BCUT2D eigenvalue weighted by Gasteiger charge is -2.20. The van der Waals surface area contributed by atoms with Crippen molar-refractivity contribution < 1.29 is 13.5 Å². The van der Waals surface area contributed by atoms with Crippen LogP contribution in [0.15, 0.2) is 48.0 Å². The molecule has 0 amide bonds. The zero-order valence-corrected chi connectivity index (χ0v) is 19.5. The number of rotatable bonds is 10. The van der Waals surface area contributed by atoms with Crippen LogP contribution in [-0.2, 0) is 6.42 Å². The van der Waals surface area contributed by atoms with Crippen LogP contribution in [0.5, 0.6) is 5.75 Å². The van der Waals surface area contributed by atoms with Crippen molar-refractivity contribution in [2.45, 2.75) is 71.6 Å². The highest BCUT2D eigenvalue weighted by molar-refractivity contribution is 5.65. The summed E-state index contributed by atoms with van der Waals surface area (Å²) in [7, 11) is 0. The molecule has 172 valence electrons. The zero-order valence-electron chi connectivity index (χ0n) is 19.5. The smallest absolute Gasteiger partial charge is 0.201 e. The molecule has 0 aromatic heterocycles. The molecule has 1 fully saturated rings. The molecule has 0 N–H and O–H groups in total. The number of hydrogen-bond acceptors (Lipinski definition) is 1. The van der Waals surface area contributed by atoms with E-state index in [9.17, 15) is 8.78 Å². The minimum Gasteiger partial charge on any atom is -0.490 e. The van der Waals surface area contributed by atoms with Crippen LogP contribution in [0.3, 0.4) is 0 Å². The van der Waals surface area contributed by atoms with E-state index < -0.39 is 11.6 Å². The molecule has 2 aromatic carbocycles. The molecule has 3 unspecified atom stereocenters. The molecule has 2 aliphatic rings. The van der Waals surface area contributed by atoms with Gasteiger partial charge in [-0.25, -0.2) is 4.39 Å². The molecule has 0 saturated heterocycles. The third kappa shape index (κ3) is 4.92. The van der Waals surface area contributed by atoms with Crippen LogP contribution in [0.2, 0.25) is 0 Å². The summed E-state index contributed by atoms with van der Waals surface area (Å²) in [6.07, 6.45) is 13.1. The summed E-state index contributed by atoms with van der Waals surface area (Å²) in [5.74, 6) is 0.776. The first kappa shape index (κ1) is 23.0. The first-order chi connectivity index (χ1) is 15.6. The van der Waals surface area contributed by atoms with Gasteiger partial charge in [0.2, 0.25) is 5.82 Å². The van der Waals surface area contributed by atoms with E-state index in [0.29, 0.717) is 12.2 Å². The van der Waals surface area contributed by atoms with Crippen LogP contribution < -0.4 is 4.74 Å². The van der Waals surface area contributed by atoms with Crippen molar-refractivity contribution in [2.24, 2.45) is 17.8 Å². The Morgan fingerprint density at radius 1 is 0.906 bits per heavy atom. The number of benzene rings is 2. The highest BCUT2D eigenvalue weighted by Crippen LogP contribution is 2.50. The van der Waals surface area contributed by atoms with Crippen molar-refractivity contribution in [3.63, 3.8) is 0 Å². The van der Waals surface area contributed by atoms with E-state index in [0.717, 1.165) is 37.0 Å². The van der Waals surface area contributed by atoms with Gasteiger partial charge in [-0.15, -0.1) is 0 Å². The Labute approximate surface area is 191 Å². The van der Waals surface area contributed by atoms with Crippen LogP contribution >= 0.6 is 0 Å². The van der Waals surface area contributed by atoms with Crippen molar-refractivity contribution in [1.29, 1.82) is 0 Å². The van der Waals surface area contributed by atoms with Gasteiger partial charge in [0, 0.05) is 5.56 Å². The van der Waals surface area contributed by atoms with Crippen molar-refractivity contribution in [2.75, 3.05) is 6.61 Å². The zero-order chi connectivity index (χ0) is 22.5. The van der Waals surface area contributed by atoms with Gasteiger partial charge in [-0.3, -0.25) is 0 Å². The Hall–Kier alpha value is -2.16. The molecule has 2 aliphatic carbocycles. The Balaban J connectivity index is 1.35. The molecule has 0 aliphatic heterocycles. The third-order valence-corrected chi connectivity index (χ3v) is 7.51. The molecule has 3 heteroatoms. The monoisotopic (exact) mass is 438 g/mol. The summed E-state index contributed by atoms with van der Waals surface area (Å²) in [6, 6.07) is 11.1. The predicted molar refractivity (Wildman–Crippen MR) is 128 cm³/mol. The van der Waals surface area contributed by atoms with E-state index in [1.165, 1.54) is 50.2 Å². The fourth-order valence-corrected chi connectivity index (χ4v) is 5.74. The highest BCUT2D eigenvalue weighted by atomic mass is 19.2. The summed E-state index contributed by atoms with van der Waals surface area (Å²) in [4.78, 5) is 0. The van der Waals surface area contributed by atoms with Gasteiger partial charge in [0.1, 0.15) is 0 Å². The number of hydrogen-bond donors (Lipinski definition) is 0. The normalized spacial score (nSPS) is 22.1. The van der Waals surface area contributed by atoms with Crippen LogP contribution in [0, 0.1) is 29.4 Å². The molecule has 1 nitrogen and oxygen atoms in total. The summed E-state index contributed by atoms with van der Waals surface area (Å²) >= 11 is 0. The second-order valence-corrected chi connectivity index (χ2v) is 9.55. The molecule has 2 aromatic rings. The van der Waals surface area contributed by atoms with Gasteiger partial charge in [0.05, 0.1) is 6.61 Å². The van der Waals surface area contributed by atoms with Crippen molar-refractivity contribution in [3.05, 3.63) is 65.2 Å². The molecule has 1 saturated carbocycles. The average Bonchev–Trinajstić information content (AvgIpc) is 3.39. The van der Waals surface area contributed by atoms with E-state index in [-0.39, 0.29) is 11.3 Å². The van der Waals surface area contributed by atoms with Gasteiger partial charge in [0.15, 0.2) is 11.6 Å². The van der Waals surface area contributed by atoms with Crippen LogP contribution in [-0.4, -0.2) is 6.61 Å². The highest BCUT2D eigenvalue weighted by Gasteiger charge is 2.39. The van der Waals surface area contributed by atoms with Gasteiger partial charge in [-0.2, -0.15) is 4.39 Å². The summed E-state index contributed by atoms with van der Waals surface area (Å²) in [6.45, 7) is 4.71. The van der Waals surface area contributed by atoms with E-state index in [1.54, 1.807) is 11.6 Å². The van der Waals surface area contributed by atoms with E-state index in [1.807, 2.05) is 19.1 Å². The summed E-state index contributed by atoms with van der Waals surface area (Å²) in [5.41, 5.74) is 3.99. The summed E-state index contributed by atoms with van der Waals surface area (Å²) in [5, 5.41) is 0. The molecule has 3 atom stereocenters. The Bertz CT molecular complexity index is 931. The number of fused-ring (bicyclic) bond motifs is 1. The lowest BCUT2D eigenvalue weighted by molar-refractivity contribution is 0.289. The molecule has 0 heterocycles. The van der Waals surface area contributed by atoms with E-state index in [4.69, 9.17) is 4.74 Å². The molecule has 32 heavy (non-hydrogen) atoms. The number of allylic oxidation sites excluding steroid dienone is 2.